The quantitative estimate of drug-likeness (QED) is 0.632. The van der Waals surface area contributed by atoms with Crippen LogP contribution in [0, 0.1) is 0 Å². The van der Waals surface area contributed by atoms with E-state index in [2.05, 4.69) is 27.4 Å². The molecule has 1 saturated carbocycles. The molecule has 0 amide bonds. The van der Waals surface area contributed by atoms with Gasteiger partial charge in [0.25, 0.3) is 0 Å². The number of anilines is 1. The predicted molar refractivity (Wildman–Crippen MR) is 73.3 cm³/mol. The molecule has 0 aromatic carbocycles. The SMILES string of the molecule is CCCn1nccc1-c1nc(NN)cc(C2CC2)n1. The van der Waals surface area contributed by atoms with E-state index in [4.69, 9.17) is 5.84 Å². The van der Waals surface area contributed by atoms with E-state index >= 15 is 0 Å². The first kappa shape index (κ1) is 12.1. The molecule has 2 aromatic rings. The van der Waals surface area contributed by atoms with Crippen LogP contribution in [-0.2, 0) is 6.54 Å². The molecule has 100 valence electrons. The van der Waals surface area contributed by atoms with Gasteiger partial charge in [0.15, 0.2) is 5.82 Å². The van der Waals surface area contributed by atoms with E-state index in [9.17, 15) is 0 Å². The van der Waals surface area contributed by atoms with E-state index in [1.165, 1.54) is 12.8 Å². The third-order valence-electron chi connectivity index (χ3n) is 3.27. The highest BCUT2D eigenvalue weighted by atomic mass is 15.3. The molecule has 2 aromatic heterocycles. The molecule has 1 aliphatic carbocycles. The lowest BCUT2D eigenvalue weighted by Crippen LogP contribution is -2.11. The first-order valence-electron chi connectivity index (χ1n) is 6.69. The fraction of sp³-hybridized carbons (Fsp3) is 0.462. The number of aromatic nitrogens is 4. The van der Waals surface area contributed by atoms with Crippen molar-refractivity contribution in [1.29, 1.82) is 0 Å². The van der Waals surface area contributed by atoms with Crippen LogP contribution in [0.2, 0.25) is 0 Å². The molecule has 6 nitrogen and oxygen atoms in total. The first-order chi connectivity index (χ1) is 9.31. The Morgan fingerprint density at radius 2 is 2.26 bits per heavy atom. The van der Waals surface area contributed by atoms with Gasteiger partial charge in [0.2, 0.25) is 0 Å². The standard InChI is InChI=1S/C13H18N6/c1-2-7-19-11(5-6-15-19)13-16-10(9-3-4-9)8-12(17-13)18-14/h5-6,8-9H,2-4,7,14H2,1H3,(H,16,17,18). The van der Waals surface area contributed by atoms with Crippen LogP contribution >= 0.6 is 0 Å². The Morgan fingerprint density at radius 1 is 1.42 bits per heavy atom. The van der Waals surface area contributed by atoms with Gasteiger partial charge in [-0.05, 0) is 25.3 Å². The second-order valence-electron chi connectivity index (χ2n) is 4.86. The van der Waals surface area contributed by atoms with Gasteiger partial charge < -0.3 is 5.43 Å². The van der Waals surface area contributed by atoms with Crippen LogP contribution in [-0.4, -0.2) is 19.7 Å². The minimum atomic E-state index is 0.566. The smallest absolute Gasteiger partial charge is 0.180 e. The molecular weight excluding hydrogens is 240 g/mol. The van der Waals surface area contributed by atoms with E-state index in [0.717, 1.165) is 24.4 Å². The number of nitrogens with zero attached hydrogens (tertiary/aromatic N) is 4. The minimum absolute atomic E-state index is 0.566. The summed E-state index contributed by atoms with van der Waals surface area (Å²) >= 11 is 0. The number of nitrogens with two attached hydrogens (primary N) is 1. The number of rotatable bonds is 5. The summed E-state index contributed by atoms with van der Waals surface area (Å²) in [4.78, 5) is 9.10. The van der Waals surface area contributed by atoms with Crippen LogP contribution in [0.15, 0.2) is 18.3 Å². The molecule has 2 heterocycles. The molecule has 3 N–H and O–H groups in total. The van der Waals surface area contributed by atoms with Crippen LogP contribution in [0.25, 0.3) is 11.5 Å². The van der Waals surface area contributed by atoms with Crippen molar-refractivity contribution in [3.8, 4) is 11.5 Å². The fourth-order valence-corrected chi connectivity index (χ4v) is 2.16. The number of nitrogens with one attached hydrogen (secondary N) is 1. The van der Waals surface area contributed by atoms with Gasteiger partial charge in [-0.25, -0.2) is 15.8 Å². The molecule has 19 heavy (non-hydrogen) atoms. The van der Waals surface area contributed by atoms with Crippen molar-refractivity contribution >= 4 is 5.82 Å². The van der Waals surface area contributed by atoms with Crippen molar-refractivity contribution in [3.05, 3.63) is 24.0 Å². The highest BCUT2D eigenvalue weighted by Gasteiger charge is 2.26. The topological polar surface area (TPSA) is 81.7 Å². The molecule has 1 aliphatic rings. The lowest BCUT2D eigenvalue weighted by Gasteiger charge is -2.09. The van der Waals surface area contributed by atoms with Crippen molar-refractivity contribution in [1.82, 2.24) is 19.7 Å². The normalized spacial score (nSPS) is 14.6. The average Bonchev–Trinajstić information content (AvgIpc) is 3.19. The van der Waals surface area contributed by atoms with Crippen LogP contribution in [0.5, 0.6) is 0 Å². The Kier molecular flexibility index (Phi) is 3.16. The van der Waals surface area contributed by atoms with Gasteiger partial charge in [-0.2, -0.15) is 5.10 Å². The lowest BCUT2D eigenvalue weighted by atomic mass is 10.2. The number of hydrogen-bond donors (Lipinski definition) is 2. The molecule has 1 fully saturated rings. The van der Waals surface area contributed by atoms with Crippen LogP contribution < -0.4 is 11.3 Å². The molecule has 0 atom stereocenters. The van der Waals surface area contributed by atoms with Crippen LogP contribution in [0.1, 0.15) is 37.8 Å². The average molecular weight is 258 g/mol. The summed E-state index contributed by atoms with van der Waals surface area (Å²) in [6.45, 7) is 2.99. The second-order valence-corrected chi connectivity index (χ2v) is 4.86. The van der Waals surface area contributed by atoms with Crippen molar-refractivity contribution in [2.24, 2.45) is 5.84 Å². The maximum atomic E-state index is 5.50. The van der Waals surface area contributed by atoms with Gasteiger partial charge in [0, 0.05) is 30.4 Å². The number of aryl methyl sites for hydroxylation is 1. The zero-order chi connectivity index (χ0) is 13.2. The number of hydrogen-bond acceptors (Lipinski definition) is 5. The highest BCUT2D eigenvalue weighted by molar-refractivity contribution is 5.53. The van der Waals surface area contributed by atoms with Crippen molar-refractivity contribution in [3.63, 3.8) is 0 Å². The lowest BCUT2D eigenvalue weighted by molar-refractivity contribution is 0.606. The third kappa shape index (κ3) is 2.44. The van der Waals surface area contributed by atoms with Gasteiger partial charge in [0.1, 0.15) is 11.5 Å². The van der Waals surface area contributed by atoms with E-state index in [1.54, 1.807) is 6.20 Å². The summed E-state index contributed by atoms with van der Waals surface area (Å²) < 4.78 is 1.94. The third-order valence-corrected chi connectivity index (χ3v) is 3.27. The summed E-state index contributed by atoms with van der Waals surface area (Å²) in [5, 5.41) is 4.31. The molecule has 0 bridgehead atoms. The maximum absolute atomic E-state index is 5.50. The maximum Gasteiger partial charge on any atom is 0.180 e. The largest absolute Gasteiger partial charge is 0.308 e. The number of hydrazine groups is 1. The molecule has 3 rings (SSSR count). The molecule has 0 spiro atoms. The summed E-state index contributed by atoms with van der Waals surface area (Å²) in [6, 6.07) is 3.88. The van der Waals surface area contributed by atoms with Crippen LogP contribution in [0.3, 0.4) is 0 Å². The molecule has 0 aliphatic heterocycles. The van der Waals surface area contributed by atoms with E-state index < -0.39 is 0 Å². The fourth-order valence-electron chi connectivity index (χ4n) is 2.16. The summed E-state index contributed by atoms with van der Waals surface area (Å²) in [5.41, 5.74) is 4.64. The van der Waals surface area contributed by atoms with Crippen molar-refractivity contribution in [2.45, 2.75) is 38.6 Å². The Balaban J connectivity index is 2.02. The molecule has 0 radical (unpaired) electrons. The molecule has 0 saturated heterocycles. The zero-order valence-corrected chi connectivity index (χ0v) is 11.0. The molecule has 6 heteroatoms. The van der Waals surface area contributed by atoms with Gasteiger partial charge in [-0.1, -0.05) is 6.92 Å². The van der Waals surface area contributed by atoms with E-state index in [-0.39, 0.29) is 0 Å². The Morgan fingerprint density at radius 3 is 2.95 bits per heavy atom. The molecule has 0 unspecified atom stereocenters. The van der Waals surface area contributed by atoms with E-state index in [0.29, 0.717) is 17.6 Å². The van der Waals surface area contributed by atoms with Gasteiger partial charge in [-0.3, -0.25) is 4.68 Å². The van der Waals surface area contributed by atoms with Crippen molar-refractivity contribution < 1.29 is 0 Å². The summed E-state index contributed by atoms with van der Waals surface area (Å²) in [7, 11) is 0. The Hall–Kier alpha value is -1.95. The Labute approximate surface area is 112 Å². The van der Waals surface area contributed by atoms with Gasteiger partial charge >= 0.3 is 0 Å². The van der Waals surface area contributed by atoms with Gasteiger partial charge in [-0.15, -0.1) is 0 Å². The highest BCUT2D eigenvalue weighted by Crippen LogP contribution is 2.40. The number of nitrogen functional groups attached to an aromatic ring is 1. The zero-order valence-electron chi connectivity index (χ0n) is 11.0. The van der Waals surface area contributed by atoms with Crippen LogP contribution in [0.4, 0.5) is 5.82 Å². The molecular formula is C13H18N6. The summed E-state index contributed by atoms with van der Waals surface area (Å²) in [6.07, 6.45) is 5.22. The second kappa shape index (κ2) is 4.97. The first-order valence-corrected chi connectivity index (χ1v) is 6.69. The monoisotopic (exact) mass is 258 g/mol. The predicted octanol–water partition coefficient (Wildman–Crippen LogP) is 1.91. The Bertz CT molecular complexity index is 572. The summed E-state index contributed by atoms with van der Waals surface area (Å²) in [5.74, 6) is 7.42. The van der Waals surface area contributed by atoms with Gasteiger partial charge in [0.05, 0.1) is 0 Å². The van der Waals surface area contributed by atoms with Crippen molar-refractivity contribution in [2.75, 3.05) is 5.43 Å². The van der Waals surface area contributed by atoms with E-state index in [1.807, 2.05) is 16.8 Å². The minimum Gasteiger partial charge on any atom is -0.308 e.